The second-order valence-electron chi connectivity index (χ2n) is 3.64. The molecule has 0 heterocycles. The molecule has 0 aliphatic heterocycles. The first kappa shape index (κ1) is 14.5. The fourth-order valence-corrected chi connectivity index (χ4v) is 1.56. The maximum absolute atomic E-state index is 11.5. The van der Waals surface area contributed by atoms with Gasteiger partial charge in [-0.3, -0.25) is 0 Å². The number of nitrogens with one attached hydrogen (secondary N) is 2. The Hall–Kier alpha value is -1.60. The summed E-state index contributed by atoms with van der Waals surface area (Å²) in [4.78, 5) is 22.1. The molecule has 0 saturated carbocycles. The Kier molecular flexibility index (Phi) is 5.11. The highest BCUT2D eigenvalue weighted by Crippen LogP contribution is 2.20. The zero-order chi connectivity index (χ0) is 13.7. The summed E-state index contributed by atoms with van der Waals surface area (Å²) in [6, 6.07) is 3.18. The second kappa shape index (κ2) is 6.36. The Morgan fingerprint density at radius 2 is 2.11 bits per heavy atom. The normalized spacial score (nSPS) is 11.7. The lowest BCUT2D eigenvalue weighted by Gasteiger charge is -2.13. The number of hydrogen-bond donors (Lipinski definition) is 4. The number of amides is 2. The van der Waals surface area contributed by atoms with Crippen LogP contribution in [0.15, 0.2) is 22.7 Å². The standard InChI is InChI=1S/C11H13BrN2O4/c1-6-2-3-7(4-8(6)12)13-11(18)14-9(5-15)10(16)17/h2-4,9,15H,5H2,1H3,(H,16,17)(H2,13,14,18)/t9-/m1/s1. The van der Waals surface area contributed by atoms with Gasteiger partial charge in [-0.2, -0.15) is 0 Å². The van der Waals surface area contributed by atoms with Gasteiger partial charge < -0.3 is 20.8 Å². The van der Waals surface area contributed by atoms with Crippen LogP contribution in [-0.4, -0.2) is 34.9 Å². The molecule has 6 nitrogen and oxygen atoms in total. The lowest BCUT2D eigenvalue weighted by Crippen LogP contribution is -2.45. The van der Waals surface area contributed by atoms with E-state index in [1.54, 1.807) is 18.2 Å². The van der Waals surface area contributed by atoms with Crippen molar-refractivity contribution >= 4 is 33.6 Å². The lowest BCUT2D eigenvalue weighted by atomic mass is 10.2. The number of rotatable bonds is 4. The summed E-state index contributed by atoms with van der Waals surface area (Å²) >= 11 is 3.32. The van der Waals surface area contributed by atoms with Crippen molar-refractivity contribution in [1.29, 1.82) is 0 Å². The summed E-state index contributed by atoms with van der Waals surface area (Å²) in [7, 11) is 0. The van der Waals surface area contributed by atoms with Gasteiger partial charge in [0, 0.05) is 10.2 Å². The molecule has 7 heteroatoms. The third-order valence-corrected chi connectivity index (χ3v) is 3.07. The number of urea groups is 1. The molecule has 18 heavy (non-hydrogen) atoms. The molecule has 1 aromatic rings. The van der Waals surface area contributed by atoms with Gasteiger partial charge in [0.1, 0.15) is 0 Å². The summed E-state index contributed by atoms with van der Waals surface area (Å²) in [5, 5.41) is 22.0. The molecule has 1 atom stereocenters. The summed E-state index contributed by atoms with van der Waals surface area (Å²) in [6.07, 6.45) is 0. The van der Waals surface area contributed by atoms with E-state index >= 15 is 0 Å². The average molecular weight is 317 g/mol. The first-order valence-electron chi connectivity index (χ1n) is 5.11. The van der Waals surface area contributed by atoms with Gasteiger partial charge in [-0.25, -0.2) is 9.59 Å². The fourth-order valence-electron chi connectivity index (χ4n) is 1.18. The summed E-state index contributed by atoms with van der Waals surface area (Å²) in [6.45, 7) is 1.24. The molecule has 4 N–H and O–H groups in total. The number of hydrogen-bond acceptors (Lipinski definition) is 3. The van der Waals surface area contributed by atoms with Crippen molar-refractivity contribution in [3.8, 4) is 0 Å². The highest BCUT2D eigenvalue weighted by atomic mass is 79.9. The summed E-state index contributed by atoms with van der Waals surface area (Å²) in [5.74, 6) is -1.29. The van der Waals surface area contributed by atoms with Crippen molar-refractivity contribution in [2.45, 2.75) is 13.0 Å². The van der Waals surface area contributed by atoms with E-state index in [1.807, 2.05) is 6.92 Å². The zero-order valence-corrected chi connectivity index (χ0v) is 11.2. The molecule has 0 aromatic heterocycles. The van der Waals surface area contributed by atoms with Crippen LogP contribution in [0, 0.1) is 6.92 Å². The summed E-state index contributed by atoms with van der Waals surface area (Å²) < 4.78 is 0.831. The summed E-state index contributed by atoms with van der Waals surface area (Å²) in [5.41, 5.74) is 1.53. The van der Waals surface area contributed by atoms with Crippen LogP contribution in [0.5, 0.6) is 0 Å². The molecule has 0 aliphatic carbocycles. The second-order valence-corrected chi connectivity index (χ2v) is 4.49. The molecule has 0 unspecified atom stereocenters. The van der Waals surface area contributed by atoms with E-state index in [1.165, 1.54) is 0 Å². The molecule has 98 valence electrons. The Morgan fingerprint density at radius 1 is 1.44 bits per heavy atom. The highest BCUT2D eigenvalue weighted by molar-refractivity contribution is 9.10. The van der Waals surface area contributed by atoms with Gasteiger partial charge in [-0.05, 0) is 24.6 Å². The molecular formula is C11H13BrN2O4. The van der Waals surface area contributed by atoms with Crippen molar-refractivity contribution in [3.05, 3.63) is 28.2 Å². The number of carbonyl (C=O) groups is 2. The van der Waals surface area contributed by atoms with Gasteiger partial charge in [0.05, 0.1) is 6.61 Å². The van der Waals surface area contributed by atoms with Crippen LogP contribution in [-0.2, 0) is 4.79 Å². The van der Waals surface area contributed by atoms with Crippen LogP contribution in [0.1, 0.15) is 5.56 Å². The topological polar surface area (TPSA) is 98.7 Å². The average Bonchev–Trinajstić information content (AvgIpc) is 2.30. The van der Waals surface area contributed by atoms with Gasteiger partial charge in [-0.1, -0.05) is 22.0 Å². The molecule has 1 aromatic carbocycles. The minimum absolute atomic E-state index is 0.520. The number of carboxylic acids is 1. The minimum atomic E-state index is -1.32. The number of aliphatic hydroxyl groups excluding tert-OH is 1. The minimum Gasteiger partial charge on any atom is -0.480 e. The molecule has 0 aliphatic rings. The Balaban J connectivity index is 2.64. The molecule has 0 fully saturated rings. The third-order valence-electron chi connectivity index (χ3n) is 2.22. The maximum Gasteiger partial charge on any atom is 0.328 e. The molecule has 0 bridgehead atoms. The SMILES string of the molecule is Cc1ccc(NC(=O)N[C@H](CO)C(=O)O)cc1Br. The van der Waals surface area contributed by atoms with E-state index in [0.717, 1.165) is 10.0 Å². The van der Waals surface area contributed by atoms with Gasteiger partial charge in [-0.15, -0.1) is 0 Å². The van der Waals surface area contributed by atoms with E-state index in [0.29, 0.717) is 5.69 Å². The predicted molar refractivity (Wildman–Crippen MR) is 69.5 cm³/mol. The number of carbonyl (C=O) groups excluding carboxylic acids is 1. The van der Waals surface area contributed by atoms with Crippen molar-refractivity contribution in [2.24, 2.45) is 0 Å². The number of benzene rings is 1. The van der Waals surface area contributed by atoms with Gasteiger partial charge >= 0.3 is 12.0 Å². The molecule has 1 rings (SSSR count). The van der Waals surface area contributed by atoms with Gasteiger partial charge in [0.2, 0.25) is 0 Å². The van der Waals surface area contributed by atoms with Crippen molar-refractivity contribution in [2.75, 3.05) is 11.9 Å². The van der Waals surface area contributed by atoms with Crippen molar-refractivity contribution < 1.29 is 19.8 Å². The van der Waals surface area contributed by atoms with E-state index in [2.05, 4.69) is 26.6 Å². The maximum atomic E-state index is 11.5. The van der Waals surface area contributed by atoms with Crippen LogP contribution in [0.2, 0.25) is 0 Å². The lowest BCUT2D eigenvalue weighted by molar-refractivity contribution is -0.140. The van der Waals surface area contributed by atoms with Crippen molar-refractivity contribution in [1.82, 2.24) is 5.32 Å². The molecule has 2 amide bonds. The Morgan fingerprint density at radius 3 is 2.61 bits per heavy atom. The van der Waals surface area contributed by atoms with E-state index in [9.17, 15) is 9.59 Å². The van der Waals surface area contributed by atoms with Gasteiger partial charge in [0.15, 0.2) is 6.04 Å². The quantitative estimate of drug-likeness (QED) is 0.673. The monoisotopic (exact) mass is 316 g/mol. The Labute approximate surface area is 112 Å². The van der Waals surface area contributed by atoms with Crippen LogP contribution in [0.3, 0.4) is 0 Å². The number of anilines is 1. The predicted octanol–water partition coefficient (Wildman–Crippen LogP) is 1.32. The van der Waals surface area contributed by atoms with E-state index in [4.69, 9.17) is 10.2 Å². The van der Waals surface area contributed by atoms with Crippen LogP contribution in [0.4, 0.5) is 10.5 Å². The number of aliphatic hydroxyl groups is 1. The molecule has 0 saturated heterocycles. The van der Waals surface area contributed by atoms with Gasteiger partial charge in [0.25, 0.3) is 0 Å². The molecular weight excluding hydrogens is 304 g/mol. The third kappa shape index (κ3) is 4.01. The highest BCUT2D eigenvalue weighted by Gasteiger charge is 2.18. The van der Waals surface area contributed by atoms with E-state index < -0.39 is 24.6 Å². The number of carboxylic acid groups (broad SMARTS) is 1. The largest absolute Gasteiger partial charge is 0.480 e. The number of aryl methyl sites for hydroxylation is 1. The Bertz CT molecular complexity index is 464. The molecule has 0 spiro atoms. The fraction of sp³-hybridized carbons (Fsp3) is 0.273. The van der Waals surface area contributed by atoms with Crippen LogP contribution in [0.25, 0.3) is 0 Å². The smallest absolute Gasteiger partial charge is 0.328 e. The first-order valence-corrected chi connectivity index (χ1v) is 5.90. The number of halogens is 1. The van der Waals surface area contributed by atoms with Crippen molar-refractivity contribution in [3.63, 3.8) is 0 Å². The zero-order valence-electron chi connectivity index (χ0n) is 9.61. The van der Waals surface area contributed by atoms with Crippen LogP contribution >= 0.6 is 15.9 Å². The first-order chi connectivity index (χ1) is 8.43. The number of aliphatic carboxylic acids is 1. The molecule has 0 radical (unpaired) electrons. The van der Waals surface area contributed by atoms with E-state index in [-0.39, 0.29) is 0 Å². The van der Waals surface area contributed by atoms with Crippen LogP contribution < -0.4 is 10.6 Å².